The lowest BCUT2D eigenvalue weighted by atomic mass is 10.1. The van der Waals surface area contributed by atoms with Crippen LogP contribution in [0.3, 0.4) is 0 Å². The molecule has 1 aromatic carbocycles. The topological polar surface area (TPSA) is 69.4 Å². The molecule has 0 saturated carbocycles. The molecule has 0 fully saturated rings. The smallest absolute Gasteiger partial charge is 0.151 e. The Morgan fingerprint density at radius 3 is 2.31 bits per heavy atom. The van der Waals surface area contributed by atoms with Crippen LogP contribution >= 0.6 is 0 Å². The van der Waals surface area contributed by atoms with Gasteiger partial charge in [-0.15, -0.1) is 0 Å². The Hall–Kier alpha value is -1.07. The minimum atomic E-state index is -3.04. The van der Waals surface area contributed by atoms with Crippen LogP contribution in [0.15, 0.2) is 24.3 Å². The molecule has 0 bridgehead atoms. The minimum Gasteiger partial charge on any atom is -0.497 e. The van der Waals surface area contributed by atoms with Crippen LogP contribution in [0.25, 0.3) is 0 Å². The van der Waals surface area contributed by atoms with Crippen LogP contribution < -0.4 is 10.5 Å². The van der Waals surface area contributed by atoms with E-state index < -0.39 is 15.9 Å². The number of hydrogen-bond donors (Lipinski definition) is 1. The number of methoxy groups -OCH3 is 1. The molecule has 2 N–H and O–H groups in total. The lowest BCUT2D eigenvalue weighted by Gasteiger charge is -2.12. The SMILES string of the molecule is CCS(=O)(=O)CC(N)c1ccc(OC)cc1. The van der Waals surface area contributed by atoms with Crippen molar-refractivity contribution in [3.8, 4) is 5.75 Å². The van der Waals surface area contributed by atoms with Crippen molar-refractivity contribution in [2.45, 2.75) is 13.0 Å². The van der Waals surface area contributed by atoms with Gasteiger partial charge in [-0.2, -0.15) is 0 Å². The van der Waals surface area contributed by atoms with Gasteiger partial charge in [0.2, 0.25) is 0 Å². The van der Waals surface area contributed by atoms with Crippen molar-refractivity contribution >= 4 is 9.84 Å². The highest BCUT2D eigenvalue weighted by atomic mass is 32.2. The highest BCUT2D eigenvalue weighted by molar-refractivity contribution is 7.91. The average Bonchev–Trinajstić information content (AvgIpc) is 2.28. The van der Waals surface area contributed by atoms with E-state index in [9.17, 15) is 8.42 Å². The summed E-state index contributed by atoms with van der Waals surface area (Å²) >= 11 is 0. The Morgan fingerprint density at radius 2 is 1.88 bits per heavy atom. The molecule has 16 heavy (non-hydrogen) atoms. The predicted molar refractivity (Wildman–Crippen MR) is 64.3 cm³/mol. The van der Waals surface area contributed by atoms with Crippen molar-refractivity contribution in [3.63, 3.8) is 0 Å². The number of ether oxygens (including phenoxy) is 1. The van der Waals surface area contributed by atoms with Crippen molar-refractivity contribution in [1.82, 2.24) is 0 Å². The zero-order chi connectivity index (χ0) is 12.2. The molecule has 0 spiro atoms. The highest BCUT2D eigenvalue weighted by Gasteiger charge is 2.15. The lowest BCUT2D eigenvalue weighted by Crippen LogP contribution is -2.22. The quantitative estimate of drug-likeness (QED) is 0.841. The normalized spacial score (nSPS) is 13.4. The summed E-state index contributed by atoms with van der Waals surface area (Å²) in [5, 5.41) is 0. The van der Waals surface area contributed by atoms with Crippen molar-refractivity contribution in [3.05, 3.63) is 29.8 Å². The third-order valence-electron chi connectivity index (χ3n) is 2.42. The molecule has 1 rings (SSSR count). The average molecular weight is 243 g/mol. The zero-order valence-corrected chi connectivity index (χ0v) is 10.3. The van der Waals surface area contributed by atoms with Gasteiger partial charge in [0.05, 0.1) is 12.9 Å². The maximum Gasteiger partial charge on any atom is 0.151 e. The molecular formula is C11H17NO3S. The van der Waals surface area contributed by atoms with Gasteiger partial charge in [0.1, 0.15) is 5.75 Å². The van der Waals surface area contributed by atoms with Crippen LogP contribution in [0.2, 0.25) is 0 Å². The molecule has 0 radical (unpaired) electrons. The van der Waals surface area contributed by atoms with Gasteiger partial charge >= 0.3 is 0 Å². The Balaban J connectivity index is 2.77. The van der Waals surface area contributed by atoms with Crippen LogP contribution in [-0.2, 0) is 9.84 Å². The monoisotopic (exact) mass is 243 g/mol. The summed E-state index contributed by atoms with van der Waals surface area (Å²) in [6.45, 7) is 1.62. The van der Waals surface area contributed by atoms with Crippen molar-refractivity contribution < 1.29 is 13.2 Å². The van der Waals surface area contributed by atoms with Gasteiger partial charge in [-0.3, -0.25) is 0 Å². The fourth-order valence-corrected chi connectivity index (χ4v) is 2.31. The summed E-state index contributed by atoms with van der Waals surface area (Å²) in [4.78, 5) is 0. The molecule has 0 aromatic heterocycles. The summed E-state index contributed by atoms with van der Waals surface area (Å²) in [7, 11) is -1.46. The van der Waals surface area contributed by atoms with Gasteiger partial charge < -0.3 is 10.5 Å². The van der Waals surface area contributed by atoms with E-state index in [1.54, 1.807) is 38.3 Å². The van der Waals surface area contributed by atoms with Gasteiger partial charge in [-0.1, -0.05) is 19.1 Å². The molecule has 0 amide bonds. The number of rotatable bonds is 5. The van der Waals surface area contributed by atoms with Crippen LogP contribution in [0.5, 0.6) is 5.75 Å². The van der Waals surface area contributed by atoms with Crippen LogP contribution in [0, 0.1) is 0 Å². The molecule has 1 atom stereocenters. The highest BCUT2D eigenvalue weighted by Crippen LogP contribution is 2.17. The van der Waals surface area contributed by atoms with Crippen molar-refractivity contribution in [1.29, 1.82) is 0 Å². The van der Waals surface area contributed by atoms with Gasteiger partial charge in [0.15, 0.2) is 9.84 Å². The third-order valence-corrected chi connectivity index (χ3v) is 4.16. The molecule has 0 heterocycles. The van der Waals surface area contributed by atoms with E-state index in [2.05, 4.69) is 0 Å². The van der Waals surface area contributed by atoms with E-state index in [4.69, 9.17) is 10.5 Å². The standard InChI is InChI=1S/C11H17NO3S/c1-3-16(13,14)8-11(12)9-4-6-10(15-2)7-5-9/h4-7,11H,3,8,12H2,1-2H3. The molecule has 90 valence electrons. The number of nitrogens with two attached hydrogens (primary N) is 1. The predicted octanol–water partition coefficient (Wildman–Crippen LogP) is 1.13. The molecule has 0 aliphatic heterocycles. The number of hydrogen-bond acceptors (Lipinski definition) is 4. The first kappa shape index (κ1) is 13.0. The fourth-order valence-electron chi connectivity index (χ4n) is 1.34. The number of sulfone groups is 1. The summed E-state index contributed by atoms with van der Waals surface area (Å²) in [5.41, 5.74) is 6.63. The first-order valence-electron chi connectivity index (χ1n) is 5.08. The third kappa shape index (κ3) is 3.50. The molecule has 0 aliphatic rings. The Kier molecular flexibility index (Phi) is 4.32. The second-order valence-electron chi connectivity index (χ2n) is 3.58. The van der Waals surface area contributed by atoms with Gasteiger partial charge in [0.25, 0.3) is 0 Å². The molecule has 1 unspecified atom stereocenters. The maximum atomic E-state index is 11.4. The summed E-state index contributed by atoms with van der Waals surface area (Å²) in [6, 6.07) is 6.64. The van der Waals surface area contributed by atoms with Crippen molar-refractivity contribution in [2.75, 3.05) is 18.6 Å². The van der Waals surface area contributed by atoms with Crippen LogP contribution in [0.1, 0.15) is 18.5 Å². The van der Waals surface area contributed by atoms with E-state index >= 15 is 0 Å². The van der Waals surface area contributed by atoms with E-state index in [0.717, 1.165) is 11.3 Å². The molecular weight excluding hydrogens is 226 g/mol. The Labute approximate surface area is 96.3 Å². The fraction of sp³-hybridized carbons (Fsp3) is 0.455. The maximum absolute atomic E-state index is 11.4. The van der Waals surface area contributed by atoms with E-state index in [1.165, 1.54) is 0 Å². The second-order valence-corrected chi connectivity index (χ2v) is 5.98. The summed E-state index contributed by atoms with van der Waals surface area (Å²) < 4.78 is 27.8. The van der Waals surface area contributed by atoms with E-state index in [1.807, 2.05) is 0 Å². The molecule has 0 aliphatic carbocycles. The molecule has 1 aromatic rings. The van der Waals surface area contributed by atoms with Crippen LogP contribution in [0.4, 0.5) is 0 Å². The van der Waals surface area contributed by atoms with Gasteiger partial charge in [-0.05, 0) is 17.7 Å². The van der Waals surface area contributed by atoms with E-state index in [0.29, 0.717) is 0 Å². The summed E-state index contributed by atoms with van der Waals surface area (Å²) in [5.74, 6) is 0.835. The van der Waals surface area contributed by atoms with Crippen LogP contribution in [-0.4, -0.2) is 27.0 Å². The Bertz CT molecular complexity index is 425. The first-order chi connectivity index (χ1) is 7.48. The largest absolute Gasteiger partial charge is 0.497 e. The zero-order valence-electron chi connectivity index (χ0n) is 9.51. The first-order valence-corrected chi connectivity index (χ1v) is 6.90. The van der Waals surface area contributed by atoms with Crippen molar-refractivity contribution in [2.24, 2.45) is 5.73 Å². The number of benzene rings is 1. The second kappa shape index (κ2) is 5.32. The van der Waals surface area contributed by atoms with Gasteiger partial charge in [0, 0.05) is 11.8 Å². The lowest BCUT2D eigenvalue weighted by molar-refractivity contribution is 0.414. The molecule has 5 heteroatoms. The Morgan fingerprint density at radius 1 is 1.31 bits per heavy atom. The molecule has 0 saturated heterocycles. The van der Waals surface area contributed by atoms with E-state index in [-0.39, 0.29) is 11.5 Å². The summed E-state index contributed by atoms with van der Waals surface area (Å²) in [6.07, 6.45) is 0. The van der Waals surface area contributed by atoms with Gasteiger partial charge in [-0.25, -0.2) is 8.42 Å². The minimum absolute atomic E-state index is 0.0180. The molecule has 4 nitrogen and oxygen atoms in total.